The SMILES string of the molecule is C=CCC(=O)N[C@H](Cc1c[nH]c2ccccc12)C(=O)O. The summed E-state index contributed by atoms with van der Waals surface area (Å²) in [6.45, 7) is 3.46. The standard InChI is InChI=1S/C15H16N2O3/c1-2-5-14(18)17-13(15(19)20)8-10-9-16-12-7-4-3-6-11(10)12/h2-4,6-7,9,13,16H,1,5,8H2,(H,17,18)(H,19,20)/t13-/m1/s1. The van der Waals surface area contributed by atoms with E-state index in [1.807, 2.05) is 24.3 Å². The molecule has 0 fully saturated rings. The Morgan fingerprint density at radius 3 is 2.85 bits per heavy atom. The molecule has 0 aliphatic heterocycles. The molecule has 1 amide bonds. The van der Waals surface area contributed by atoms with Crippen LogP contribution in [0, 0.1) is 0 Å². The predicted octanol–water partition coefficient (Wildman–Crippen LogP) is 1.86. The van der Waals surface area contributed by atoms with Gasteiger partial charge >= 0.3 is 5.97 Å². The van der Waals surface area contributed by atoms with E-state index in [1.54, 1.807) is 6.20 Å². The maximum absolute atomic E-state index is 11.5. The van der Waals surface area contributed by atoms with E-state index in [4.69, 9.17) is 0 Å². The molecule has 20 heavy (non-hydrogen) atoms. The fourth-order valence-electron chi connectivity index (χ4n) is 2.10. The van der Waals surface area contributed by atoms with Crippen LogP contribution in [0.2, 0.25) is 0 Å². The van der Waals surface area contributed by atoms with E-state index in [0.29, 0.717) is 0 Å². The van der Waals surface area contributed by atoms with E-state index in [1.165, 1.54) is 6.08 Å². The van der Waals surface area contributed by atoms with Gasteiger partial charge in [0.15, 0.2) is 0 Å². The second-order valence-corrected chi connectivity index (χ2v) is 4.51. The molecule has 2 aromatic rings. The lowest BCUT2D eigenvalue weighted by molar-refractivity contribution is -0.141. The first-order chi connectivity index (χ1) is 9.61. The van der Waals surface area contributed by atoms with Crippen LogP contribution < -0.4 is 5.32 Å². The summed E-state index contributed by atoms with van der Waals surface area (Å²) in [7, 11) is 0. The zero-order chi connectivity index (χ0) is 14.5. The normalized spacial score (nSPS) is 12.0. The Morgan fingerprint density at radius 1 is 1.40 bits per heavy atom. The summed E-state index contributed by atoms with van der Waals surface area (Å²) >= 11 is 0. The van der Waals surface area contributed by atoms with Crippen LogP contribution in [0.5, 0.6) is 0 Å². The van der Waals surface area contributed by atoms with Crippen LogP contribution in [0.25, 0.3) is 10.9 Å². The molecule has 0 aliphatic carbocycles. The number of aliphatic carboxylic acids is 1. The number of amides is 1. The molecule has 3 N–H and O–H groups in total. The molecular formula is C15H16N2O3. The minimum atomic E-state index is -1.05. The number of carbonyl (C=O) groups is 2. The largest absolute Gasteiger partial charge is 0.480 e. The third-order valence-corrected chi connectivity index (χ3v) is 3.06. The van der Waals surface area contributed by atoms with Gasteiger partial charge in [0.1, 0.15) is 6.04 Å². The Morgan fingerprint density at radius 2 is 2.15 bits per heavy atom. The van der Waals surface area contributed by atoms with Gasteiger partial charge in [-0.25, -0.2) is 4.79 Å². The van der Waals surface area contributed by atoms with E-state index in [9.17, 15) is 14.7 Å². The van der Waals surface area contributed by atoms with E-state index in [0.717, 1.165) is 16.5 Å². The molecule has 1 atom stereocenters. The molecule has 1 heterocycles. The first-order valence-electron chi connectivity index (χ1n) is 6.30. The van der Waals surface area contributed by atoms with Crippen molar-refractivity contribution in [1.82, 2.24) is 10.3 Å². The fraction of sp³-hybridized carbons (Fsp3) is 0.200. The Labute approximate surface area is 116 Å². The molecule has 0 radical (unpaired) electrons. The van der Waals surface area contributed by atoms with E-state index < -0.39 is 12.0 Å². The fourth-order valence-corrected chi connectivity index (χ4v) is 2.10. The highest BCUT2D eigenvalue weighted by molar-refractivity contribution is 5.87. The second kappa shape index (κ2) is 6.06. The van der Waals surface area contributed by atoms with Gasteiger partial charge in [-0.2, -0.15) is 0 Å². The third-order valence-electron chi connectivity index (χ3n) is 3.06. The van der Waals surface area contributed by atoms with Gasteiger partial charge < -0.3 is 15.4 Å². The number of rotatable bonds is 6. The first kappa shape index (κ1) is 13.9. The number of aromatic amines is 1. The van der Waals surface area contributed by atoms with Crippen LogP contribution in [0.1, 0.15) is 12.0 Å². The van der Waals surface area contributed by atoms with Gasteiger partial charge in [-0.05, 0) is 11.6 Å². The molecule has 0 spiro atoms. The van der Waals surface area contributed by atoms with Crippen molar-refractivity contribution in [2.75, 3.05) is 0 Å². The smallest absolute Gasteiger partial charge is 0.326 e. The van der Waals surface area contributed by atoms with Crippen molar-refractivity contribution in [3.05, 3.63) is 48.7 Å². The van der Waals surface area contributed by atoms with Crippen molar-refractivity contribution in [2.24, 2.45) is 0 Å². The number of fused-ring (bicyclic) bond motifs is 1. The number of aromatic nitrogens is 1. The number of hydrogen-bond donors (Lipinski definition) is 3. The molecule has 0 saturated heterocycles. The summed E-state index contributed by atoms with van der Waals surface area (Å²) in [5.74, 6) is -1.39. The lowest BCUT2D eigenvalue weighted by Crippen LogP contribution is -2.42. The minimum Gasteiger partial charge on any atom is -0.480 e. The number of nitrogens with one attached hydrogen (secondary N) is 2. The molecule has 0 saturated carbocycles. The molecule has 0 bridgehead atoms. The van der Waals surface area contributed by atoms with Crippen LogP contribution in [0.4, 0.5) is 0 Å². The second-order valence-electron chi connectivity index (χ2n) is 4.51. The van der Waals surface area contributed by atoms with Crippen LogP contribution >= 0.6 is 0 Å². The van der Waals surface area contributed by atoms with Crippen LogP contribution in [0.15, 0.2) is 43.1 Å². The van der Waals surface area contributed by atoms with Crippen molar-refractivity contribution < 1.29 is 14.7 Å². The number of carboxylic acids is 1. The summed E-state index contributed by atoms with van der Waals surface area (Å²) in [4.78, 5) is 25.8. The topological polar surface area (TPSA) is 82.2 Å². The Hall–Kier alpha value is -2.56. The third kappa shape index (κ3) is 3.06. The van der Waals surface area contributed by atoms with Gasteiger partial charge in [0, 0.05) is 29.9 Å². The average molecular weight is 272 g/mol. The molecule has 104 valence electrons. The van der Waals surface area contributed by atoms with E-state index in [2.05, 4.69) is 16.9 Å². The maximum atomic E-state index is 11.5. The highest BCUT2D eigenvalue weighted by Crippen LogP contribution is 2.19. The maximum Gasteiger partial charge on any atom is 0.326 e. The molecule has 2 rings (SSSR count). The van der Waals surface area contributed by atoms with Crippen molar-refractivity contribution in [3.63, 3.8) is 0 Å². The van der Waals surface area contributed by atoms with Gasteiger partial charge in [-0.3, -0.25) is 4.79 Å². The number of carbonyl (C=O) groups excluding carboxylic acids is 1. The molecule has 1 aromatic heterocycles. The van der Waals surface area contributed by atoms with Gasteiger partial charge in [-0.1, -0.05) is 24.3 Å². The van der Waals surface area contributed by atoms with Crippen molar-refractivity contribution >= 4 is 22.8 Å². The minimum absolute atomic E-state index is 0.109. The Balaban J connectivity index is 2.17. The van der Waals surface area contributed by atoms with Crippen LogP contribution in [-0.2, 0) is 16.0 Å². The van der Waals surface area contributed by atoms with Gasteiger partial charge in [0.25, 0.3) is 0 Å². The van der Waals surface area contributed by atoms with Gasteiger partial charge in [0.2, 0.25) is 5.91 Å². The van der Waals surface area contributed by atoms with Crippen molar-refractivity contribution in [3.8, 4) is 0 Å². The first-order valence-corrected chi connectivity index (χ1v) is 6.30. The van der Waals surface area contributed by atoms with Crippen LogP contribution in [-0.4, -0.2) is 28.0 Å². The Bertz CT molecular complexity index is 645. The predicted molar refractivity (Wildman–Crippen MR) is 76.4 cm³/mol. The lowest BCUT2D eigenvalue weighted by Gasteiger charge is -2.13. The zero-order valence-corrected chi connectivity index (χ0v) is 10.9. The molecule has 5 heteroatoms. The summed E-state index contributed by atoms with van der Waals surface area (Å²) < 4.78 is 0. The van der Waals surface area contributed by atoms with Crippen molar-refractivity contribution in [1.29, 1.82) is 0 Å². The van der Waals surface area contributed by atoms with E-state index >= 15 is 0 Å². The quantitative estimate of drug-likeness (QED) is 0.702. The Kier molecular flexibility index (Phi) is 4.20. The number of carboxylic acid groups (broad SMARTS) is 1. The summed E-state index contributed by atoms with van der Waals surface area (Å²) in [6, 6.07) is 6.70. The summed E-state index contributed by atoms with van der Waals surface area (Å²) in [5.41, 5.74) is 1.82. The monoisotopic (exact) mass is 272 g/mol. The van der Waals surface area contributed by atoms with Gasteiger partial charge in [0.05, 0.1) is 0 Å². The summed E-state index contributed by atoms with van der Waals surface area (Å²) in [5, 5.41) is 12.7. The number of benzene rings is 1. The molecule has 0 unspecified atom stereocenters. The highest BCUT2D eigenvalue weighted by Gasteiger charge is 2.21. The van der Waals surface area contributed by atoms with Crippen molar-refractivity contribution in [2.45, 2.75) is 18.9 Å². The number of hydrogen-bond acceptors (Lipinski definition) is 2. The molecule has 5 nitrogen and oxygen atoms in total. The number of para-hydroxylation sites is 1. The highest BCUT2D eigenvalue weighted by atomic mass is 16.4. The zero-order valence-electron chi connectivity index (χ0n) is 10.9. The van der Waals surface area contributed by atoms with E-state index in [-0.39, 0.29) is 18.7 Å². The lowest BCUT2D eigenvalue weighted by atomic mass is 10.0. The summed E-state index contributed by atoms with van der Waals surface area (Å²) in [6.07, 6.45) is 3.57. The van der Waals surface area contributed by atoms with Gasteiger partial charge in [-0.15, -0.1) is 6.58 Å². The molecular weight excluding hydrogens is 256 g/mol. The molecule has 0 aliphatic rings. The number of H-pyrrole nitrogens is 1. The molecule has 1 aromatic carbocycles. The average Bonchev–Trinajstić information content (AvgIpc) is 2.82. The van der Waals surface area contributed by atoms with Crippen LogP contribution in [0.3, 0.4) is 0 Å².